The first-order valence-electron chi connectivity index (χ1n) is 6.03. The number of sulfone groups is 1. The highest BCUT2D eigenvalue weighted by Crippen LogP contribution is 2.25. The fraction of sp³-hybridized carbons (Fsp3) is 0.538. The number of benzene rings is 1. The van der Waals surface area contributed by atoms with Crippen molar-refractivity contribution in [1.29, 1.82) is 0 Å². The van der Waals surface area contributed by atoms with Gasteiger partial charge in [-0.2, -0.15) is 0 Å². The van der Waals surface area contributed by atoms with Crippen LogP contribution in [-0.2, 0) is 9.84 Å². The van der Waals surface area contributed by atoms with E-state index < -0.39 is 9.84 Å². The van der Waals surface area contributed by atoms with E-state index in [1.165, 1.54) is 0 Å². The predicted molar refractivity (Wildman–Crippen MR) is 69.0 cm³/mol. The quantitative estimate of drug-likeness (QED) is 0.874. The molecule has 1 saturated heterocycles. The molecule has 2 rings (SSSR count). The Morgan fingerprint density at radius 1 is 1.18 bits per heavy atom. The van der Waals surface area contributed by atoms with Crippen LogP contribution in [0, 0.1) is 13.8 Å². The topological polar surface area (TPSA) is 46.2 Å². The highest BCUT2D eigenvalue weighted by molar-refractivity contribution is 7.92. The summed E-state index contributed by atoms with van der Waals surface area (Å²) in [6, 6.07) is 5.57. The zero-order chi connectivity index (χ0) is 12.5. The van der Waals surface area contributed by atoms with E-state index in [0.29, 0.717) is 4.90 Å². The number of nitrogens with one attached hydrogen (secondary N) is 1. The molecule has 0 amide bonds. The maximum atomic E-state index is 12.5. The Labute approximate surface area is 103 Å². The third kappa shape index (κ3) is 2.53. The molecule has 94 valence electrons. The largest absolute Gasteiger partial charge is 0.317 e. The lowest BCUT2D eigenvalue weighted by atomic mass is 10.1. The van der Waals surface area contributed by atoms with Gasteiger partial charge in [-0.1, -0.05) is 17.7 Å². The molecule has 0 aliphatic carbocycles. The van der Waals surface area contributed by atoms with Gasteiger partial charge in [0.1, 0.15) is 0 Å². The minimum absolute atomic E-state index is 0.217. The molecule has 1 heterocycles. The van der Waals surface area contributed by atoms with E-state index in [2.05, 4.69) is 5.32 Å². The third-order valence-electron chi connectivity index (χ3n) is 3.36. The van der Waals surface area contributed by atoms with Crippen LogP contribution >= 0.6 is 0 Å². The molecule has 3 nitrogen and oxygen atoms in total. The van der Waals surface area contributed by atoms with Crippen molar-refractivity contribution in [3.63, 3.8) is 0 Å². The van der Waals surface area contributed by atoms with E-state index in [9.17, 15) is 8.42 Å². The number of aryl methyl sites for hydroxylation is 2. The van der Waals surface area contributed by atoms with Crippen molar-refractivity contribution in [3.8, 4) is 0 Å². The van der Waals surface area contributed by atoms with Gasteiger partial charge in [0.05, 0.1) is 10.1 Å². The summed E-state index contributed by atoms with van der Waals surface area (Å²) in [5, 5.41) is 2.98. The van der Waals surface area contributed by atoms with Gasteiger partial charge in [0.15, 0.2) is 9.84 Å². The molecule has 1 aliphatic rings. The summed E-state index contributed by atoms with van der Waals surface area (Å²) >= 11 is 0. The van der Waals surface area contributed by atoms with Crippen LogP contribution in [0.4, 0.5) is 0 Å². The Morgan fingerprint density at radius 3 is 2.41 bits per heavy atom. The first-order valence-corrected chi connectivity index (χ1v) is 7.58. The second-order valence-corrected chi connectivity index (χ2v) is 6.96. The van der Waals surface area contributed by atoms with Crippen LogP contribution in [0.15, 0.2) is 23.1 Å². The smallest absolute Gasteiger partial charge is 0.181 e. The van der Waals surface area contributed by atoms with Crippen molar-refractivity contribution < 1.29 is 8.42 Å². The lowest BCUT2D eigenvalue weighted by Crippen LogP contribution is -2.36. The summed E-state index contributed by atoms with van der Waals surface area (Å²) in [5.41, 5.74) is 1.97. The Balaban J connectivity index is 2.37. The van der Waals surface area contributed by atoms with Gasteiger partial charge in [0, 0.05) is 0 Å². The van der Waals surface area contributed by atoms with Crippen LogP contribution in [0.3, 0.4) is 0 Å². The molecule has 0 unspecified atom stereocenters. The molecule has 0 aromatic heterocycles. The van der Waals surface area contributed by atoms with E-state index in [1.807, 2.05) is 26.0 Å². The van der Waals surface area contributed by atoms with Crippen LogP contribution in [0.25, 0.3) is 0 Å². The van der Waals surface area contributed by atoms with Crippen LogP contribution < -0.4 is 5.32 Å². The van der Waals surface area contributed by atoms with Crippen LogP contribution in [0.2, 0.25) is 0 Å². The Morgan fingerprint density at radius 2 is 1.82 bits per heavy atom. The molecule has 17 heavy (non-hydrogen) atoms. The van der Waals surface area contributed by atoms with Crippen molar-refractivity contribution >= 4 is 9.84 Å². The van der Waals surface area contributed by atoms with E-state index in [1.54, 1.807) is 6.07 Å². The highest BCUT2D eigenvalue weighted by atomic mass is 32.2. The molecule has 0 spiro atoms. The summed E-state index contributed by atoms with van der Waals surface area (Å²) in [6.45, 7) is 5.46. The van der Waals surface area contributed by atoms with Crippen molar-refractivity contribution in [2.75, 3.05) is 13.1 Å². The Bertz CT molecular complexity index is 502. The summed E-state index contributed by atoms with van der Waals surface area (Å²) in [7, 11) is -3.15. The average Bonchev–Trinajstić information content (AvgIpc) is 2.29. The van der Waals surface area contributed by atoms with Gasteiger partial charge in [-0.15, -0.1) is 0 Å². The lowest BCUT2D eigenvalue weighted by Gasteiger charge is -2.23. The van der Waals surface area contributed by atoms with Crippen molar-refractivity contribution in [3.05, 3.63) is 29.3 Å². The molecule has 0 bridgehead atoms. The summed E-state index contributed by atoms with van der Waals surface area (Å²) in [4.78, 5) is 0.509. The van der Waals surface area contributed by atoms with E-state index >= 15 is 0 Å². The standard InChI is InChI=1S/C13H19NO2S/c1-10-3-4-13(11(2)9-10)17(15,16)12-5-7-14-8-6-12/h3-4,9,12,14H,5-8H2,1-2H3. The van der Waals surface area contributed by atoms with Crippen LogP contribution in [0.1, 0.15) is 24.0 Å². The Kier molecular flexibility index (Phi) is 3.54. The normalized spacial score (nSPS) is 18.2. The van der Waals surface area contributed by atoms with Gasteiger partial charge in [0.2, 0.25) is 0 Å². The molecule has 1 aromatic carbocycles. The van der Waals surface area contributed by atoms with Crippen LogP contribution in [0.5, 0.6) is 0 Å². The summed E-state index contributed by atoms with van der Waals surface area (Å²) < 4.78 is 25.0. The minimum Gasteiger partial charge on any atom is -0.317 e. The average molecular weight is 253 g/mol. The third-order valence-corrected chi connectivity index (χ3v) is 5.78. The molecule has 1 aromatic rings. The molecule has 0 saturated carbocycles. The molecule has 1 fully saturated rings. The summed E-state index contributed by atoms with van der Waals surface area (Å²) in [5.74, 6) is 0. The number of hydrogen-bond donors (Lipinski definition) is 1. The van der Waals surface area contributed by atoms with Crippen molar-refractivity contribution in [2.24, 2.45) is 0 Å². The molecule has 1 aliphatic heterocycles. The molecule has 1 N–H and O–H groups in total. The number of piperidine rings is 1. The first-order chi connectivity index (χ1) is 8.01. The molecule has 0 atom stereocenters. The SMILES string of the molecule is Cc1ccc(S(=O)(=O)C2CCNCC2)c(C)c1. The van der Waals surface area contributed by atoms with Crippen molar-refractivity contribution in [1.82, 2.24) is 5.32 Å². The zero-order valence-electron chi connectivity index (χ0n) is 10.4. The lowest BCUT2D eigenvalue weighted by molar-refractivity contribution is 0.496. The van der Waals surface area contributed by atoms with E-state index in [-0.39, 0.29) is 5.25 Å². The Hall–Kier alpha value is -0.870. The van der Waals surface area contributed by atoms with E-state index in [0.717, 1.165) is 37.1 Å². The second kappa shape index (κ2) is 4.78. The van der Waals surface area contributed by atoms with Crippen molar-refractivity contribution in [2.45, 2.75) is 36.8 Å². The molecule has 0 radical (unpaired) electrons. The number of rotatable bonds is 2. The number of hydrogen-bond acceptors (Lipinski definition) is 3. The van der Waals surface area contributed by atoms with Gasteiger partial charge in [-0.25, -0.2) is 8.42 Å². The maximum Gasteiger partial charge on any atom is 0.181 e. The van der Waals surface area contributed by atoms with Gasteiger partial charge in [0.25, 0.3) is 0 Å². The zero-order valence-corrected chi connectivity index (χ0v) is 11.2. The van der Waals surface area contributed by atoms with E-state index in [4.69, 9.17) is 0 Å². The molecular weight excluding hydrogens is 234 g/mol. The maximum absolute atomic E-state index is 12.5. The fourth-order valence-corrected chi connectivity index (χ4v) is 4.38. The highest BCUT2D eigenvalue weighted by Gasteiger charge is 2.29. The molecule has 4 heteroatoms. The van der Waals surface area contributed by atoms with Crippen LogP contribution in [-0.4, -0.2) is 26.8 Å². The monoisotopic (exact) mass is 253 g/mol. The van der Waals surface area contributed by atoms with Gasteiger partial charge in [-0.05, 0) is 51.4 Å². The minimum atomic E-state index is -3.15. The van der Waals surface area contributed by atoms with Gasteiger partial charge < -0.3 is 5.32 Å². The molecular formula is C13H19NO2S. The predicted octanol–water partition coefficient (Wildman–Crippen LogP) is 1.83. The fourth-order valence-electron chi connectivity index (χ4n) is 2.40. The van der Waals surface area contributed by atoms with Gasteiger partial charge >= 0.3 is 0 Å². The summed E-state index contributed by atoms with van der Waals surface area (Å²) in [6.07, 6.45) is 1.44. The first kappa shape index (κ1) is 12.6. The second-order valence-electron chi connectivity index (χ2n) is 4.76. The van der Waals surface area contributed by atoms with Gasteiger partial charge in [-0.3, -0.25) is 0 Å².